The number of rotatable bonds is 6. The van der Waals surface area contributed by atoms with E-state index in [2.05, 4.69) is 10.1 Å². The molecule has 0 radical (unpaired) electrons. The Morgan fingerprint density at radius 2 is 2.39 bits per heavy atom. The van der Waals surface area contributed by atoms with Gasteiger partial charge in [-0.1, -0.05) is 18.3 Å². The van der Waals surface area contributed by atoms with Crippen molar-refractivity contribution in [2.75, 3.05) is 12.3 Å². The number of hydrogen-bond donors (Lipinski definition) is 1. The topological polar surface area (TPSA) is 73.3 Å². The van der Waals surface area contributed by atoms with E-state index in [4.69, 9.17) is 5.73 Å². The predicted octanol–water partition coefficient (Wildman–Crippen LogP) is 1.30. The predicted molar refractivity (Wildman–Crippen MR) is 76.3 cm³/mol. The average Bonchev–Trinajstić information content (AvgIpc) is 2.78. The molecule has 0 atom stereocenters. The van der Waals surface area contributed by atoms with Crippen molar-refractivity contribution in [3.8, 4) is 0 Å². The fourth-order valence-corrected chi connectivity index (χ4v) is 3.20. The average molecular weight is 284 g/mol. The second kappa shape index (κ2) is 6.31. The molecule has 2 aromatic heterocycles. The van der Waals surface area contributed by atoms with Crippen LogP contribution < -0.4 is 11.3 Å². The van der Waals surface area contributed by atoms with Gasteiger partial charge < -0.3 is 5.73 Å². The summed E-state index contributed by atoms with van der Waals surface area (Å²) in [4.78, 5) is 17.0. The third-order valence-corrected chi connectivity index (χ3v) is 4.52. The van der Waals surface area contributed by atoms with E-state index in [0.29, 0.717) is 11.5 Å². The summed E-state index contributed by atoms with van der Waals surface area (Å²) in [5.41, 5.74) is 6.17. The molecule has 0 spiro atoms. The first kappa shape index (κ1) is 13.5. The van der Waals surface area contributed by atoms with Crippen molar-refractivity contribution in [1.82, 2.24) is 14.6 Å². The van der Waals surface area contributed by atoms with Crippen molar-refractivity contribution in [1.29, 1.82) is 0 Å². The summed E-state index contributed by atoms with van der Waals surface area (Å²) in [5.74, 6) is 1.76. The number of aryl methyl sites for hydroxylation is 1. The lowest BCUT2D eigenvalue weighted by Crippen LogP contribution is -2.15. The highest BCUT2D eigenvalue weighted by Gasteiger charge is 2.07. The number of aromatic nitrogens is 3. The van der Waals surface area contributed by atoms with Crippen LogP contribution in [0.2, 0.25) is 0 Å². The van der Waals surface area contributed by atoms with Crippen molar-refractivity contribution in [2.45, 2.75) is 25.5 Å². The van der Waals surface area contributed by atoms with Crippen LogP contribution in [0, 0.1) is 0 Å². The quantitative estimate of drug-likeness (QED) is 0.809. The van der Waals surface area contributed by atoms with E-state index in [1.807, 2.05) is 6.92 Å². The molecule has 0 aliphatic heterocycles. The fraction of sp³-hybridized carbons (Fsp3) is 0.545. The first-order valence-electron chi connectivity index (χ1n) is 5.91. The fourth-order valence-electron chi connectivity index (χ4n) is 1.47. The summed E-state index contributed by atoms with van der Waals surface area (Å²) in [6.45, 7) is 2.73. The molecule has 18 heavy (non-hydrogen) atoms. The van der Waals surface area contributed by atoms with Crippen molar-refractivity contribution >= 4 is 28.1 Å². The Hall–Kier alpha value is -0.920. The molecule has 7 heteroatoms. The molecule has 0 aliphatic rings. The maximum Gasteiger partial charge on any atom is 0.275 e. The molecule has 0 amide bonds. The SMILES string of the molecule is CCc1nn2c(=O)cc(CSCCCN)nc2s1. The summed E-state index contributed by atoms with van der Waals surface area (Å²) in [5, 5.41) is 5.16. The van der Waals surface area contributed by atoms with Gasteiger partial charge in [0.2, 0.25) is 4.96 Å². The largest absolute Gasteiger partial charge is 0.330 e. The van der Waals surface area contributed by atoms with Crippen LogP contribution in [-0.4, -0.2) is 26.9 Å². The van der Waals surface area contributed by atoms with Crippen molar-refractivity contribution in [2.24, 2.45) is 5.73 Å². The van der Waals surface area contributed by atoms with Crippen LogP contribution in [0.4, 0.5) is 0 Å². The van der Waals surface area contributed by atoms with Crippen LogP contribution in [0.25, 0.3) is 4.96 Å². The molecule has 2 heterocycles. The first-order chi connectivity index (χ1) is 8.74. The Labute approximate surface area is 113 Å². The van der Waals surface area contributed by atoms with Gasteiger partial charge in [-0.15, -0.1) is 0 Å². The standard InChI is InChI=1S/C11H16N4OS2/c1-2-9-14-15-10(16)6-8(13-11(15)18-9)7-17-5-3-4-12/h6H,2-5,7,12H2,1H3. The molecular weight excluding hydrogens is 268 g/mol. The maximum atomic E-state index is 11.9. The molecule has 98 valence electrons. The Balaban J connectivity index is 2.17. The van der Waals surface area contributed by atoms with E-state index in [1.165, 1.54) is 15.9 Å². The smallest absolute Gasteiger partial charge is 0.275 e. The van der Waals surface area contributed by atoms with Gasteiger partial charge in [0, 0.05) is 11.8 Å². The zero-order valence-electron chi connectivity index (χ0n) is 10.3. The van der Waals surface area contributed by atoms with Gasteiger partial charge in [-0.2, -0.15) is 21.4 Å². The lowest BCUT2D eigenvalue weighted by molar-refractivity contribution is 0.852. The molecule has 5 nitrogen and oxygen atoms in total. The summed E-state index contributed by atoms with van der Waals surface area (Å²) in [6, 6.07) is 1.57. The minimum Gasteiger partial charge on any atom is -0.330 e. The molecule has 0 fully saturated rings. The number of hydrogen-bond acceptors (Lipinski definition) is 6. The second-order valence-electron chi connectivity index (χ2n) is 3.82. The van der Waals surface area contributed by atoms with E-state index in [0.717, 1.165) is 35.0 Å². The number of nitrogens with two attached hydrogens (primary N) is 1. The van der Waals surface area contributed by atoms with Crippen molar-refractivity contribution in [3.63, 3.8) is 0 Å². The first-order valence-corrected chi connectivity index (χ1v) is 7.88. The van der Waals surface area contributed by atoms with Crippen molar-refractivity contribution in [3.05, 3.63) is 27.1 Å². The van der Waals surface area contributed by atoms with E-state index >= 15 is 0 Å². The zero-order valence-corrected chi connectivity index (χ0v) is 11.9. The molecule has 0 saturated heterocycles. The Kier molecular flexibility index (Phi) is 4.73. The van der Waals surface area contributed by atoms with E-state index in [-0.39, 0.29) is 5.56 Å². The lowest BCUT2D eigenvalue weighted by atomic mass is 10.4. The number of fused-ring (bicyclic) bond motifs is 1. The monoisotopic (exact) mass is 284 g/mol. The maximum absolute atomic E-state index is 11.9. The van der Waals surface area contributed by atoms with Gasteiger partial charge >= 0.3 is 0 Å². The van der Waals surface area contributed by atoms with Crippen LogP contribution in [-0.2, 0) is 12.2 Å². The Morgan fingerprint density at radius 1 is 1.56 bits per heavy atom. The van der Waals surface area contributed by atoms with Crippen LogP contribution in [0.3, 0.4) is 0 Å². The van der Waals surface area contributed by atoms with Crippen molar-refractivity contribution < 1.29 is 0 Å². The third kappa shape index (κ3) is 3.09. The van der Waals surface area contributed by atoms with Gasteiger partial charge in [-0.25, -0.2) is 4.98 Å². The molecular formula is C11H16N4OS2. The molecule has 2 aromatic rings. The molecule has 0 unspecified atom stereocenters. The van der Waals surface area contributed by atoms with Gasteiger partial charge in [0.15, 0.2) is 0 Å². The summed E-state index contributed by atoms with van der Waals surface area (Å²) in [7, 11) is 0. The third-order valence-electron chi connectivity index (χ3n) is 2.39. The van der Waals surface area contributed by atoms with E-state index in [1.54, 1.807) is 17.8 Å². The van der Waals surface area contributed by atoms with Gasteiger partial charge in [0.25, 0.3) is 5.56 Å². The Morgan fingerprint density at radius 3 is 3.11 bits per heavy atom. The van der Waals surface area contributed by atoms with Crippen LogP contribution >= 0.6 is 23.1 Å². The number of thioether (sulfide) groups is 1. The summed E-state index contributed by atoms with van der Waals surface area (Å²) >= 11 is 3.24. The molecule has 0 aromatic carbocycles. The van der Waals surface area contributed by atoms with Gasteiger partial charge in [0.05, 0.1) is 5.69 Å². The highest BCUT2D eigenvalue weighted by molar-refractivity contribution is 7.98. The molecule has 0 bridgehead atoms. The lowest BCUT2D eigenvalue weighted by Gasteiger charge is -2.00. The molecule has 2 N–H and O–H groups in total. The highest BCUT2D eigenvalue weighted by Crippen LogP contribution is 2.14. The highest BCUT2D eigenvalue weighted by atomic mass is 32.2. The van der Waals surface area contributed by atoms with E-state index in [9.17, 15) is 4.79 Å². The second-order valence-corrected chi connectivity index (χ2v) is 5.97. The minimum atomic E-state index is -0.0922. The molecule has 0 saturated carbocycles. The minimum absolute atomic E-state index is 0.0922. The van der Waals surface area contributed by atoms with Crippen LogP contribution in [0.5, 0.6) is 0 Å². The van der Waals surface area contributed by atoms with Gasteiger partial charge in [0.1, 0.15) is 5.01 Å². The van der Waals surface area contributed by atoms with Gasteiger partial charge in [-0.3, -0.25) is 4.79 Å². The Bertz CT molecular complexity index is 578. The zero-order chi connectivity index (χ0) is 13.0. The molecule has 2 rings (SSSR count). The number of nitrogens with zero attached hydrogens (tertiary/aromatic N) is 3. The normalized spacial score (nSPS) is 11.2. The van der Waals surface area contributed by atoms with Crippen LogP contribution in [0.15, 0.2) is 10.9 Å². The summed E-state index contributed by atoms with van der Waals surface area (Å²) < 4.78 is 1.39. The van der Waals surface area contributed by atoms with E-state index < -0.39 is 0 Å². The van der Waals surface area contributed by atoms with Gasteiger partial charge in [-0.05, 0) is 25.1 Å². The molecule has 0 aliphatic carbocycles. The summed E-state index contributed by atoms with van der Waals surface area (Å²) in [6.07, 6.45) is 1.82. The van der Waals surface area contributed by atoms with Crippen LogP contribution in [0.1, 0.15) is 24.0 Å².